The summed E-state index contributed by atoms with van der Waals surface area (Å²) in [6, 6.07) is 4.14. The number of anilines is 1. The van der Waals surface area contributed by atoms with Crippen molar-refractivity contribution in [3.8, 4) is 0 Å². The van der Waals surface area contributed by atoms with Crippen LogP contribution < -0.4 is 10.6 Å². The van der Waals surface area contributed by atoms with Gasteiger partial charge in [0.05, 0.1) is 6.04 Å². The largest absolute Gasteiger partial charge is 0.444 e. The van der Waals surface area contributed by atoms with Gasteiger partial charge in [-0.1, -0.05) is 6.07 Å². The lowest BCUT2D eigenvalue weighted by Crippen LogP contribution is -2.59. The van der Waals surface area contributed by atoms with E-state index in [1.54, 1.807) is 6.20 Å². The fourth-order valence-corrected chi connectivity index (χ4v) is 3.21. The van der Waals surface area contributed by atoms with Crippen LogP contribution in [0.4, 0.5) is 10.6 Å². The van der Waals surface area contributed by atoms with Crippen molar-refractivity contribution < 1.29 is 9.53 Å². The molecule has 6 heteroatoms. The molecule has 0 spiro atoms. The second-order valence-corrected chi connectivity index (χ2v) is 7.06. The third-order valence-corrected chi connectivity index (χ3v) is 4.25. The molecule has 2 fully saturated rings. The predicted octanol–water partition coefficient (Wildman–Crippen LogP) is 1.60. The highest BCUT2D eigenvalue weighted by molar-refractivity contribution is 5.70. The van der Waals surface area contributed by atoms with Crippen molar-refractivity contribution in [2.45, 2.75) is 39.0 Å². The molecule has 0 radical (unpaired) electrons. The van der Waals surface area contributed by atoms with Crippen LogP contribution in [-0.2, 0) is 11.3 Å². The van der Waals surface area contributed by atoms with Crippen LogP contribution in [0.1, 0.15) is 26.3 Å². The van der Waals surface area contributed by atoms with Crippen LogP contribution in [-0.4, -0.2) is 47.3 Å². The number of fused-ring (bicyclic) bond motifs is 1. The van der Waals surface area contributed by atoms with Crippen molar-refractivity contribution in [1.29, 1.82) is 0 Å². The Bertz CT molecular complexity index is 570. The molecule has 22 heavy (non-hydrogen) atoms. The van der Waals surface area contributed by atoms with Crippen LogP contribution in [0.3, 0.4) is 0 Å². The Kier molecular flexibility index (Phi) is 3.72. The van der Waals surface area contributed by atoms with E-state index in [1.165, 1.54) is 0 Å². The molecule has 2 atom stereocenters. The first kappa shape index (κ1) is 15.1. The zero-order valence-electron chi connectivity index (χ0n) is 13.5. The Morgan fingerprint density at radius 1 is 1.41 bits per heavy atom. The molecule has 0 bridgehead atoms. The summed E-state index contributed by atoms with van der Waals surface area (Å²) in [5.74, 6) is 1.45. The average molecular weight is 304 g/mol. The molecule has 0 aromatic carbocycles. The van der Waals surface area contributed by atoms with Gasteiger partial charge in [-0.3, -0.25) is 0 Å². The number of pyridine rings is 1. The fraction of sp³-hybridized carbons (Fsp3) is 0.625. The number of nitrogens with two attached hydrogens (primary N) is 1. The van der Waals surface area contributed by atoms with Gasteiger partial charge in [0.1, 0.15) is 11.4 Å². The lowest BCUT2D eigenvalue weighted by Gasteiger charge is -2.43. The maximum absolute atomic E-state index is 12.2. The molecule has 1 aromatic rings. The van der Waals surface area contributed by atoms with Gasteiger partial charge < -0.3 is 20.3 Å². The molecule has 2 aliphatic heterocycles. The number of nitrogens with zero attached hydrogens (tertiary/aromatic N) is 3. The minimum atomic E-state index is -0.450. The zero-order chi connectivity index (χ0) is 15.9. The van der Waals surface area contributed by atoms with Gasteiger partial charge in [-0.05, 0) is 26.8 Å². The third-order valence-electron chi connectivity index (χ3n) is 4.25. The Labute approximate surface area is 131 Å². The number of rotatable bonds is 2. The summed E-state index contributed by atoms with van der Waals surface area (Å²) in [5.41, 5.74) is 6.40. The second-order valence-electron chi connectivity index (χ2n) is 7.06. The highest BCUT2D eigenvalue weighted by Gasteiger charge is 2.49. The molecular formula is C16H24N4O2. The number of likely N-dealkylation sites (tertiary alicyclic amines) is 1. The summed E-state index contributed by atoms with van der Waals surface area (Å²) >= 11 is 0. The van der Waals surface area contributed by atoms with E-state index in [4.69, 9.17) is 10.5 Å². The van der Waals surface area contributed by atoms with Crippen LogP contribution in [0.25, 0.3) is 0 Å². The van der Waals surface area contributed by atoms with Crippen LogP contribution in [0.5, 0.6) is 0 Å². The minimum Gasteiger partial charge on any atom is -0.444 e. The van der Waals surface area contributed by atoms with Crippen LogP contribution in [0, 0.1) is 5.92 Å². The van der Waals surface area contributed by atoms with Crippen molar-refractivity contribution >= 4 is 11.9 Å². The molecule has 2 unspecified atom stereocenters. The quantitative estimate of drug-likeness (QED) is 0.898. The molecule has 2 N–H and O–H groups in total. The highest BCUT2D eigenvalue weighted by Crippen LogP contribution is 2.36. The summed E-state index contributed by atoms with van der Waals surface area (Å²) in [6.07, 6.45) is 1.58. The molecule has 3 heterocycles. The van der Waals surface area contributed by atoms with E-state index in [-0.39, 0.29) is 12.1 Å². The molecular weight excluding hydrogens is 280 g/mol. The lowest BCUT2D eigenvalue weighted by atomic mass is 9.93. The van der Waals surface area contributed by atoms with Crippen molar-refractivity contribution in [2.75, 3.05) is 24.5 Å². The fourth-order valence-electron chi connectivity index (χ4n) is 3.21. The number of carbonyl (C=O) groups is 1. The normalized spacial score (nSPS) is 24.0. The number of amides is 1. The molecule has 2 saturated heterocycles. The van der Waals surface area contributed by atoms with E-state index in [0.29, 0.717) is 12.5 Å². The minimum absolute atomic E-state index is 0.212. The van der Waals surface area contributed by atoms with Gasteiger partial charge in [0.25, 0.3) is 0 Å². The Morgan fingerprint density at radius 3 is 2.86 bits per heavy atom. The zero-order valence-corrected chi connectivity index (χ0v) is 13.5. The smallest absolute Gasteiger partial charge is 0.410 e. The summed E-state index contributed by atoms with van der Waals surface area (Å²) in [7, 11) is 0. The third kappa shape index (κ3) is 2.75. The number of hydrogen-bond donors (Lipinski definition) is 1. The van der Waals surface area contributed by atoms with E-state index in [9.17, 15) is 4.79 Å². The standard InChI is InChI=1S/C16H24N4O2/c1-16(2,3)22-15(21)20-9-12-8-19(10-13(12)20)14-11(7-17)5-4-6-18-14/h4-6,12-13H,7-10,17H2,1-3H3. The highest BCUT2D eigenvalue weighted by atomic mass is 16.6. The first-order valence-corrected chi connectivity index (χ1v) is 7.77. The predicted molar refractivity (Wildman–Crippen MR) is 84.6 cm³/mol. The first-order chi connectivity index (χ1) is 10.4. The molecule has 0 aliphatic carbocycles. The summed E-state index contributed by atoms with van der Waals surface area (Å²) in [5, 5.41) is 0. The van der Waals surface area contributed by atoms with Gasteiger partial charge in [0, 0.05) is 43.9 Å². The van der Waals surface area contributed by atoms with Crippen molar-refractivity contribution in [3.63, 3.8) is 0 Å². The van der Waals surface area contributed by atoms with Gasteiger partial charge >= 0.3 is 6.09 Å². The Morgan fingerprint density at radius 2 is 2.18 bits per heavy atom. The van der Waals surface area contributed by atoms with E-state index >= 15 is 0 Å². The number of carbonyl (C=O) groups excluding carboxylic acids is 1. The number of hydrogen-bond acceptors (Lipinski definition) is 5. The topological polar surface area (TPSA) is 71.7 Å². The molecule has 120 valence electrons. The summed E-state index contributed by atoms with van der Waals surface area (Å²) < 4.78 is 5.47. The summed E-state index contributed by atoms with van der Waals surface area (Å²) in [6.45, 7) is 8.65. The van der Waals surface area contributed by atoms with Gasteiger partial charge in [0.15, 0.2) is 0 Å². The Hall–Kier alpha value is -1.82. The van der Waals surface area contributed by atoms with Gasteiger partial charge in [-0.25, -0.2) is 9.78 Å². The molecule has 0 saturated carbocycles. The Balaban J connectivity index is 1.67. The molecule has 2 aliphatic rings. The van der Waals surface area contributed by atoms with E-state index in [0.717, 1.165) is 31.0 Å². The first-order valence-electron chi connectivity index (χ1n) is 7.77. The van der Waals surface area contributed by atoms with Crippen LogP contribution in [0.15, 0.2) is 18.3 Å². The monoisotopic (exact) mass is 304 g/mol. The van der Waals surface area contributed by atoms with E-state index in [1.807, 2.05) is 37.8 Å². The van der Waals surface area contributed by atoms with Crippen molar-refractivity contribution in [3.05, 3.63) is 23.9 Å². The maximum atomic E-state index is 12.2. The van der Waals surface area contributed by atoms with Crippen molar-refractivity contribution in [2.24, 2.45) is 11.7 Å². The SMILES string of the molecule is CC(C)(C)OC(=O)N1CC2CN(c3ncccc3CN)CC21. The molecule has 6 nitrogen and oxygen atoms in total. The van der Waals surface area contributed by atoms with Gasteiger partial charge in [-0.2, -0.15) is 0 Å². The molecule has 1 aromatic heterocycles. The average Bonchev–Trinajstić information content (AvgIpc) is 2.74. The summed E-state index contributed by atoms with van der Waals surface area (Å²) in [4.78, 5) is 20.7. The van der Waals surface area contributed by atoms with Crippen molar-refractivity contribution in [1.82, 2.24) is 9.88 Å². The van der Waals surface area contributed by atoms with Gasteiger partial charge in [-0.15, -0.1) is 0 Å². The maximum Gasteiger partial charge on any atom is 0.410 e. The lowest BCUT2D eigenvalue weighted by molar-refractivity contribution is -0.0163. The van der Waals surface area contributed by atoms with E-state index in [2.05, 4.69) is 9.88 Å². The van der Waals surface area contributed by atoms with Crippen LogP contribution >= 0.6 is 0 Å². The number of aromatic nitrogens is 1. The molecule has 1 amide bonds. The second kappa shape index (κ2) is 5.43. The molecule has 3 rings (SSSR count). The van der Waals surface area contributed by atoms with E-state index < -0.39 is 5.60 Å². The number of ether oxygens (including phenoxy) is 1. The van der Waals surface area contributed by atoms with Gasteiger partial charge in [0.2, 0.25) is 0 Å². The van der Waals surface area contributed by atoms with Crippen LogP contribution in [0.2, 0.25) is 0 Å².